The molecule has 0 bridgehead atoms. The molecular weight excluding hydrogens is 385 g/mol. The van der Waals surface area contributed by atoms with Gasteiger partial charge >= 0.3 is 0 Å². The molecule has 0 radical (unpaired) electrons. The lowest BCUT2D eigenvalue weighted by Gasteiger charge is -2.25. The molecule has 0 spiro atoms. The predicted octanol–water partition coefficient (Wildman–Crippen LogP) is 4.46. The van der Waals surface area contributed by atoms with Crippen molar-refractivity contribution in [3.05, 3.63) is 35.2 Å². The Bertz CT molecular complexity index is 817. The highest BCUT2D eigenvalue weighted by Gasteiger charge is 2.69. The van der Waals surface area contributed by atoms with Gasteiger partial charge in [0.05, 0.1) is 12.0 Å². The molecule has 0 aliphatic heterocycles. The summed E-state index contributed by atoms with van der Waals surface area (Å²) in [5.74, 6) is 0.743. The van der Waals surface area contributed by atoms with Crippen LogP contribution in [0.4, 0.5) is 0 Å². The van der Waals surface area contributed by atoms with Crippen molar-refractivity contribution in [2.24, 2.45) is 5.41 Å². The van der Waals surface area contributed by atoms with Crippen LogP contribution in [-0.2, 0) is 11.3 Å². The van der Waals surface area contributed by atoms with E-state index >= 15 is 0 Å². The maximum absolute atomic E-state index is 12.9. The Labute approximate surface area is 160 Å². The molecule has 2 aliphatic carbocycles. The van der Waals surface area contributed by atoms with Gasteiger partial charge in [-0.05, 0) is 50.5 Å². The smallest absolute Gasteiger partial charge is 0.247 e. The molecular formula is C17H16Cl3N3O2. The first-order valence-corrected chi connectivity index (χ1v) is 9.21. The molecule has 25 heavy (non-hydrogen) atoms. The highest BCUT2D eigenvalue weighted by molar-refractivity contribution is 6.53. The summed E-state index contributed by atoms with van der Waals surface area (Å²) in [6.07, 6.45) is 2.40. The summed E-state index contributed by atoms with van der Waals surface area (Å²) in [5.41, 5.74) is 0.0414. The Morgan fingerprint density at radius 3 is 2.48 bits per heavy atom. The van der Waals surface area contributed by atoms with Crippen LogP contribution in [0.5, 0.6) is 0 Å². The number of hydrogen-bond acceptors (Lipinski definition) is 4. The van der Waals surface area contributed by atoms with Gasteiger partial charge in [-0.3, -0.25) is 4.79 Å². The van der Waals surface area contributed by atoms with E-state index in [4.69, 9.17) is 39.2 Å². The zero-order chi connectivity index (χ0) is 17.8. The zero-order valence-electron chi connectivity index (χ0n) is 13.5. The average molecular weight is 401 g/mol. The summed E-state index contributed by atoms with van der Waals surface area (Å²) in [4.78, 5) is 14.7. The second-order valence-corrected chi connectivity index (χ2v) is 8.81. The molecule has 1 heterocycles. The monoisotopic (exact) mass is 399 g/mol. The van der Waals surface area contributed by atoms with Crippen molar-refractivity contribution < 1.29 is 9.21 Å². The van der Waals surface area contributed by atoms with E-state index in [1.165, 1.54) is 0 Å². The number of halogens is 3. The SMILES string of the molecule is CC1(C(=O)N(Cc2nnc(-c3ccc(Cl)cc3)o2)C2CC2)CC1(Cl)Cl. The molecule has 2 aromatic rings. The molecule has 2 fully saturated rings. The van der Waals surface area contributed by atoms with Crippen LogP contribution in [0, 0.1) is 5.41 Å². The third-order valence-electron chi connectivity index (χ3n) is 4.84. The van der Waals surface area contributed by atoms with Gasteiger partial charge < -0.3 is 9.32 Å². The number of carbonyl (C=O) groups is 1. The molecule has 0 N–H and O–H groups in total. The molecule has 0 saturated heterocycles. The summed E-state index contributed by atoms with van der Waals surface area (Å²) >= 11 is 18.2. The van der Waals surface area contributed by atoms with Gasteiger partial charge in [-0.25, -0.2) is 0 Å². The number of hydrogen-bond donors (Lipinski definition) is 0. The van der Waals surface area contributed by atoms with E-state index in [0.717, 1.165) is 18.4 Å². The van der Waals surface area contributed by atoms with Gasteiger partial charge in [0.2, 0.25) is 17.7 Å². The van der Waals surface area contributed by atoms with E-state index < -0.39 is 9.75 Å². The van der Waals surface area contributed by atoms with E-state index in [2.05, 4.69) is 10.2 Å². The molecule has 1 aromatic carbocycles. The number of rotatable bonds is 5. The molecule has 1 amide bonds. The van der Waals surface area contributed by atoms with Gasteiger partial charge in [0.1, 0.15) is 4.33 Å². The van der Waals surface area contributed by atoms with Crippen LogP contribution in [0.25, 0.3) is 11.5 Å². The second-order valence-electron chi connectivity index (χ2n) is 6.89. The van der Waals surface area contributed by atoms with Crippen molar-refractivity contribution in [3.63, 3.8) is 0 Å². The first-order valence-electron chi connectivity index (χ1n) is 8.07. The highest BCUT2D eigenvalue weighted by atomic mass is 35.5. The normalized spacial score (nSPS) is 24.2. The molecule has 1 unspecified atom stereocenters. The van der Waals surface area contributed by atoms with Gasteiger partial charge in [0.15, 0.2) is 0 Å². The Morgan fingerprint density at radius 1 is 1.28 bits per heavy atom. The molecule has 8 heteroatoms. The average Bonchev–Trinajstić information content (AvgIpc) is 3.43. The van der Waals surface area contributed by atoms with E-state index in [0.29, 0.717) is 23.2 Å². The number of carbonyl (C=O) groups excluding carboxylic acids is 1. The lowest BCUT2D eigenvalue weighted by atomic mass is 10.1. The summed E-state index contributed by atoms with van der Waals surface area (Å²) in [6.45, 7) is 2.07. The molecule has 1 aromatic heterocycles. The zero-order valence-corrected chi connectivity index (χ0v) is 15.8. The minimum atomic E-state index is -0.986. The summed E-state index contributed by atoms with van der Waals surface area (Å²) in [6, 6.07) is 7.33. The fourth-order valence-electron chi connectivity index (χ4n) is 2.87. The Morgan fingerprint density at radius 2 is 1.92 bits per heavy atom. The van der Waals surface area contributed by atoms with Crippen LogP contribution < -0.4 is 0 Å². The molecule has 2 aliphatic rings. The standard InChI is InChI=1S/C17H16Cl3N3O2/c1-16(9-17(16,19)20)15(24)23(12-6-7-12)8-13-21-22-14(25-13)10-2-4-11(18)5-3-10/h2-5,12H,6-9H2,1H3. The van der Waals surface area contributed by atoms with Crippen molar-refractivity contribution in [2.75, 3.05) is 0 Å². The van der Waals surface area contributed by atoms with Crippen LogP contribution in [-0.4, -0.2) is 31.4 Å². The summed E-state index contributed by atoms with van der Waals surface area (Å²) in [7, 11) is 0. The van der Waals surface area contributed by atoms with Gasteiger partial charge in [0, 0.05) is 16.6 Å². The Kier molecular flexibility index (Phi) is 4.02. The third kappa shape index (κ3) is 3.14. The topological polar surface area (TPSA) is 59.2 Å². The molecule has 2 saturated carbocycles. The van der Waals surface area contributed by atoms with Gasteiger partial charge in [-0.1, -0.05) is 11.6 Å². The van der Waals surface area contributed by atoms with E-state index in [-0.39, 0.29) is 18.5 Å². The maximum Gasteiger partial charge on any atom is 0.247 e. The number of aromatic nitrogens is 2. The van der Waals surface area contributed by atoms with Crippen LogP contribution in [0.15, 0.2) is 28.7 Å². The van der Waals surface area contributed by atoms with Crippen molar-refractivity contribution in [3.8, 4) is 11.5 Å². The minimum absolute atomic E-state index is 0.0498. The van der Waals surface area contributed by atoms with Crippen molar-refractivity contribution >= 4 is 40.7 Å². The maximum atomic E-state index is 12.9. The highest BCUT2D eigenvalue weighted by Crippen LogP contribution is 2.65. The number of benzene rings is 1. The lowest BCUT2D eigenvalue weighted by molar-refractivity contribution is -0.138. The predicted molar refractivity (Wildman–Crippen MR) is 95.5 cm³/mol. The van der Waals surface area contributed by atoms with Crippen LogP contribution in [0.2, 0.25) is 5.02 Å². The molecule has 4 rings (SSSR count). The fraction of sp³-hybridized carbons (Fsp3) is 0.471. The minimum Gasteiger partial charge on any atom is -0.419 e. The van der Waals surface area contributed by atoms with Crippen LogP contribution >= 0.6 is 34.8 Å². The third-order valence-corrected chi connectivity index (χ3v) is 6.20. The van der Waals surface area contributed by atoms with Crippen LogP contribution in [0.1, 0.15) is 32.1 Å². The van der Waals surface area contributed by atoms with Crippen molar-refractivity contribution in [1.29, 1.82) is 0 Å². The summed E-state index contributed by atoms with van der Waals surface area (Å²) < 4.78 is 4.74. The largest absolute Gasteiger partial charge is 0.419 e. The van der Waals surface area contributed by atoms with Gasteiger partial charge in [0.25, 0.3) is 0 Å². The molecule has 5 nitrogen and oxygen atoms in total. The number of alkyl halides is 2. The quantitative estimate of drug-likeness (QED) is 0.695. The Hall–Kier alpha value is -1.30. The van der Waals surface area contributed by atoms with Crippen molar-refractivity contribution in [2.45, 2.75) is 43.1 Å². The molecule has 132 valence electrons. The van der Waals surface area contributed by atoms with Crippen LogP contribution in [0.3, 0.4) is 0 Å². The second kappa shape index (κ2) is 5.86. The number of amides is 1. The first kappa shape index (κ1) is 17.1. The van der Waals surface area contributed by atoms with E-state index in [9.17, 15) is 4.79 Å². The van der Waals surface area contributed by atoms with Gasteiger partial charge in [-0.15, -0.1) is 33.4 Å². The van der Waals surface area contributed by atoms with E-state index in [1.807, 2.05) is 12.1 Å². The first-order chi connectivity index (χ1) is 11.8. The fourth-order valence-corrected chi connectivity index (χ4v) is 3.70. The van der Waals surface area contributed by atoms with Crippen molar-refractivity contribution in [1.82, 2.24) is 15.1 Å². The summed E-state index contributed by atoms with van der Waals surface area (Å²) in [5, 5.41) is 8.78. The molecule has 1 atom stereocenters. The Balaban J connectivity index is 1.52. The lowest BCUT2D eigenvalue weighted by Crippen LogP contribution is -2.39. The number of nitrogens with zero attached hydrogens (tertiary/aromatic N) is 3. The van der Waals surface area contributed by atoms with E-state index in [1.54, 1.807) is 24.0 Å². The van der Waals surface area contributed by atoms with Gasteiger partial charge in [-0.2, -0.15) is 0 Å².